The lowest BCUT2D eigenvalue weighted by atomic mass is 9.88. The summed E-state index contributed by atoms with van der Waals surface area (Å²) in [6.45, 7) is 18.4. The van der Waals surface area contributed by atoms with Crippen molar-refractivity contribution in [2.75, 3.05) is 13.7 Å². The fraction of sp³-hybridized carbons (Fsp3) is 0.514. The minimum atomic E-state index is -1.98. The maximum Gasteiger partial charge on any atom is 0.192 e. The van der Waals surface area contributed by atoms with Gasteiger partial charge in [0.15, 0.2) is 8.32 Å². The first-order valence-electron chi connectivity index (χ1n) is 15.3. The number of benzene rings is 2. The van der Waals surface area contributed by atoms with Crippen LogP contribution in [0.2, 0.25) is 18.1 Å². The van der Waals surface area contributed by atoms with Gasteiger partial charge in [0.05, 0.1) is 39.1 Å². The van der Waals surface area contributed by atoms with E-state index in [1.807, 2.05) is 49.4 Å². The molecule has 1 fully saturated rings. The van der Waals surface area contributed by atoms with Crippen LogP contribution in [0.5, 0.6) is 5.75 Å². The Hall–Kier alpha value is -2.55. The lowest BCUT2D eigenvalue weighted by molar-refractivity contribution is -0.169. The molecule has 1 heterocycles. The normalized spacial score (nSPS) is 20.6. The van der Waals surface area contributed by atoms with Gasteiger partial charge in [0.25, 0.3) is 0 Å². The topological polar surface area (TPSA) is 63.2 Å². The number of aldehydes is 1. The third-order valence-electron chi connectivity index (χ3n) is 8.68. The van der Waals surface area contributed by atoms with Gasteiger partial charge in [-0.1, -0.05) is 83.3 Å². The highest BCUT2D eigenvalue weighted by atomic mass is 28.4. The second-order valence-electron chi connectivity index (χ2n) is 11.4. The number of hydrogen-bond donors (Lipinski definition) is 0. The molecule has 0 saturated carbocycles. The molecule has 0 aromatic heterocycles. The molecule has 1 aliphatic rings. The summed E-state index contributed by atoms with van der Waals surface area (Å²) in [7, 11) is -0.319. The van der Waals surface area contributed by atoms with Gasteiger partial charge in [-0.2, -0.15) is 0 Å². The summed E-state index contributed by atoms with van der Waals surface area (Å²) in [4.78, 5) is 11.6. The summed E-state index contributed by atoms with van der Waals surface area (Å²) in [6, 6.07) is 21.1. The molecule has 1 saturated heterocycles. The third-order valence-corrected chi connectivity index (χ3v) is 13.4. The zero-order valence-corrected chi connectivity index (χ0v) is 27.2. The van der Waals surface area contributed by atoms with E-state index in [-0.39, 0.29) is 30.3 Å². The Kier molecular flexibility index (Phi) is 13.7. The SMILES string of the molecule is C=C(C=O)[C@H](C)CC(OCc1ccc(OC)cc1)[C@@H]1O[C@@H](COCc2ccccc2)C(=C)C[C@@H]1O[Si](CC)(CC)CC. The average molecular weight is 595 g/mol. The Morgan fingerprint density at radius 3 is 2.26 bits per heavy atom. The van der Waals surface area contributed by atoms with Crippen LogP contribution in [0.1, 0.15) is 51.7 Å². The molecule has 0 spiro atoms. The second kappa shape index (κ2) is 16.9. The van der Waals surface area contributed by atoms with Crippen molar-refractivity contribution in [2.24, 2.45) is 5.92 Å². The van der Waals surface area contributed by atoms with Crippen LogP contribution in [-0.4, -0.2) is 52.7 Å². The van der Waals surface area contributed by atoms with E-state index in [9.17, 15) is 4.79 Å². The maximum atomic E-state index is 11.6. The van der Waals surface area contributed by atoms with Crippen molar-refractivity contribution in [3.63, 3.8) is 0 Å². The van der Waals surface area contributed by atoms with Gasteiger partial charge in [-0.15, -0.1) is 0 Å². The zero-order chi connectivity index (χ0) is 30.5. The van der Waals surface area contributed by atoms with Crippen molar-refractivity contribution in [1.82, 2.24) is 0 Å². The van der Waals surface area contributed by atoms with Crippen molar-refractivity contribution < 1.29 is 28.2 Å². The average Bonchev–Trinajstić information content (AvgIpc) is 3.03. The van der Waals surface area contributed by atoms with Crippen LogP contribution in [0.3, 0.4) is 0 Å². The fourth-order valence-electron chi connectivity index (χ4n) is 5.49. The van der Waals surface area contributed by atoms with Crippen molar-refractivity contribution in [1.29, 1.82) is 0 Å². The molecule has 0 amide bonds. The highest BCUT2D eigenvalue weighted by Crippen LogP contribution is 2.36. The summed E-state index contributed by atoms with van der Waals surface area (Å²) in [5.74, 6) is 0.725. The van der Waals surface area contributed by atoms with E-state index >= 15 is 0 Å². The minimum Gasteiger partial charge on any atom is -0.497 e. The molecular weight excluding hydrogens is 544 g/mol. The molecular formula is C35H50O6Si. The third kappa shape index (κ3) is 9.48. The predicted molar refractivity (Wildman–Crippen MR) is 171 cm³/mol. The van der Waals surface area contributed by atoms with Crippen molar-refractivity contribution >= 4 is 14.6 Å². The van der Waals surface area contributed by atoms with Crippen LogP contribution in [0.25, 0.3) is 0 Å². The van der Waals surface area contributed by atoms with Gasteiger partial charge >= 0.3 is 0 Å². The highest BCUT2D eigenvalue weighted by molar-refractivity contribution is 6.73. The van der Waals surface area contributed by atoms with Crippen molar-refractivity contribution in [3.8, 4) is 5.75 Å². The smallest absolute Gasteiger partial charge is 0.192 e. The van der Waals surface area contributed by atoms with Gasteiger partial charge in [-0.25, -0.2) is 0 Å². The fourth-order valence-corrected chi connectivity index (χ4v) is 8.35. The standard InChI is InChI=1S/C35H50O6Si/c1-8-42(9-2,10-3)41-33-21-27(5)34(25-38-23-29-14-12-11-13-15-29)40-35(33)32(20-26(4)28(6)22-36)39-24-30-16-18-31(37-7)19-17-30/h11-19,22,26,32-35H,5-6,8-10,20-21,23-25H2,1-4,7H3/t26-,32?,33+,34+,35+/m1/s1. The number of methoxy groups -OCH3 is 1. The molecule has 3 rings (SSSR count). The summed E-state index contributed by atoms with van der Waals surface area (Å²) in [6.07, 6.45) is 0.962. The molecule has 0 N–H and O–H groups in total. The Balaban J connectivity index is 1.87. The largest absolute Gasteiger partial charge is 0.497 e. The number of hydrogen-bond acceptors (Lipinski definition) is 6. The molecule has 0 radical (unpaired) electrons. The summed E-state index contributed by atoms with van der Waals surface area (Å²) < 4.78 is 32.0. The molecule has 1 unspecified atom stereocenters. The number of ether oxygens (including phenoxy) is 4. The molecule has 42 heavy (non-hydrogen) atoms. The Morgan fingerprint density at radius 2 is 1.67 bits per heavy atom. The van der Waals surface area contributed by atoms with E-state index in [1.54, 1.807) is 7.11 Å². The van der Waals surface area contributed by atoms with Crippen LogP contribution >= 0.6 is 0 Å². The lowest BCUT2D eigenvalue weighted by Gasteiger charge is -2.45. The van der Waals surface area contributed by atoms with Crippen LogP contribution in [0, 0.1) is 5.92 Å². The summed E-state index contributed by atoms with van der Waals surface area (Å²) in [5, 5.41) is 0. The molecule has 5 atom stereocenters. The molecule has 1 aliphatic heterocycles. The van der Waals surface area contributed by atoms with E-state index in [0.29, 0.717) is 38.2 Å². The van der Waals surface area contributed by atoms with Crippen LogP contribution in [-0.2, 0) is 36.6 Å². The van der Waals surface area contributed by atoms with E-state index in [0.717, 1.165) is 46.9 Å². The summed E-state index contributed by atoms with van der Waals surface area (Å²) in [5.41, 5.74) is 3.67. The van der Waals surface area contributed by atoms with Gasteiger partial charge in [0.2, 0.25) is 0 Å². The van der Waals surface area contributed by atoms with E-state index in [1.165, 1.54) is 0 Å². The Bertz CT molecular complexity index is 1110. The van der Waals surface area contributed by atoms with Crippen LogP contribution in [0.4, 0.5) is 0 Å². The predicted octanol–water partition coefficient (Wildman–Crippen LogP) is 7.68. The zero-order valence-electron chi connectivity index (χ0n) is 26.2. The molecule has 2 aromatic carbocycles. The van der Waals surface area contributed by atoms with E-state index < -0.39 is 8.32 Å². The maximum absolute atomic E-state index is 11.6. The monoisotopic (exact) mass is 594 g/mol. The number of carbonyl (C=O) groups is 1. The van der Waals surface area contributed by atoms with Gasteiger partial charge in [0, 0.05) is 0 Å². The molecule has 7 heteroatoms. The molecule has 0 aliphatic carbocycles. The Morgan fingerprint density at radius 1 is 1.02 bits per heavy atom. The van der Waals surface area contributed by atoms with Crippen LogP contribution in [0.15, 0.2) is 78.9 Å². The van der Waals surface area contributed by atoms with Crippen LogP contribution < -0.4 is 4.74 Å². The second-order valence-corrected chi connectivity index (χ2v) is 16.1. The first kappa shape index (κ1) is 33.9. The number of rotatable bonds is 18. The van der Waals surface area contributed by atoms with Gasteiger partial charge in [-0.3, -0.25) is 4.79 Å². The van der Waals surface area contributed by atoms with E-state index in [2.05, 4.69) is 46.1 Å². The van der Waals surface area contributed by atoms with Gasteiger partial charge < -0.3 is 23.4 Å². The quantitative estimate of drug-likeness (QED) is 0.0763. The molecule has 0 bridgehead atoms. The first-order chi connectivity index (χ1) is 20.3. The highest BCUT2D eigenvalue weighted by Gasteiger charge is 2.44. The van der Waals surface area contributed by atoms with Gasteiger partial charge in [-0.05, 0) is 71.3 Å². The molecule has 6 nitrogen and oxygen atoms in total. The van der Waals surface area contributed by atoms with Gasteiger partial charge in [0.1, 0.15) is 24.2 Å². The lowest BCUT2D eigenvalue weighted by Crippen LogP contribution is -2.54. The van der Waals surface area contributed by atoms with E-state index in [4.69, 9.17) is 23.4 Å². The summed E-state index contributed by atoms with van der Waals surface area (Å²) >= 11 is 0. The number of carbonyl (C=O) groups excluding carboxylic acids is 1. The molecule has 230 valence electrons. The Labute approximate surface area is 254 Å². The first-order valence-corrected chi connectivity index (χ1v) is 17.8. The minimum absolute atomic E-state index is 0.0731. The number of allylic oxidation sites excluding steroid dienone is 1. The van der Waals surface area contributed by atoms with Crippen molar-refractivity contribution in [2.45, 2.75) is 96.3 Å². The molecule has 2 aromatic rings. The van der Waals surface area contributed by atoms with Crippen molar-refractivity contribution in [3.05, 3.63) is 90.0 Å².